The first-order valence-corrected chi connectivity index (χ1v) is 19.4. The monoisotopic (exact) mass is 929 g/mol. The molecule has 7 aromatic carbocycles. The summed E-state index contributed by atoms with van der Waals surface area (Å²) in [6.45, 7) is 6.71. The van der Waals surface area contributed by atoms with E-state index in [-0.39, 0.29) is 26.6 Å². The number of aromatic nitrogens is 4. The van der Waals surface area contributed by atoms with Gasteiger partial charge in [-0.2, -0.15) is 12.1 Å². The van der Waals surface area contributed by atoms with Crippen LogP contribution in [0.15, 0.2) is 188 Å². The number of fused-ring (bicyclic) bond motifs is 4. The fraction of sp³-hybridized carbons (Fsp3) is 0.0769. The van der Waals surface area contributed by atoms with Crippen LogP contribution in [0.2, 0.25) is 0 Å². The molecule has 0 atom stereocenters. The Labute approximate surface area is 353 Å². The van der Waals surface area contributed by atoms with Crippen LogP contribution >= 0.6 is 0 Å². The molecule has 0 radical (unpaired) electrons. The fourth-order valence-electron chi connectivity index (χ4n) is 8.10. The molecule has 0 spiro atoms. The van der Waals surface area contributed by atoms with Gasteiger partial charge in [-0.25, -0.2) is 14.1 Å². The molecule has 0 bridgehead atoms. The third-order valence-electron chi connectivity index (χ3n) is 10.7. The molecule has 5 nitrogen and oxygen atoms in total. The number of imidazole rings is 1. The van der Waals surface area contributed by atoms with Crippen LogP contribution < -0.4 is 4.90 Å². The van der Waals surface area contributed by atoms with E-state index < -0.39 is 0 Å². The van der Waals surface area contributed by atoms with Gasteiger partial charge in [0.1, 0.15) is 5.82 Å². The van der Waals surface area contributed by atoms with E-state index in [1.54, 1.807) is 0 Å². The molecule has 0 aliphatic heterocycles. The maximum absolute atomic E-state index is 5.01. The molecule has 0 aliphatic carbocycles. The van der Waals surface area contributed by atoms with Crippen molar-refractivity contribution in [3.63, 3.8) is 0 Å². The molecule has 10 rings (SSSR count). The van der Waals surface area contributed by atoms with Gasteiger partial charge in [-0.1, -0.05) is 114 Å². The van der Waals surface area contributed by atoms with Gasteiger partial charge in [-0.15, -0.1) is 29.7 Å². The summed E-state index contributed by atoms with van der Waals surface area (Å²) in [5.74, 6) is 0.835. The SMILES string of the molecule is CC(C)(C)n1[cH+]n(-c2[c-]c(N(c3[c-]c4c(cc3)c3ccccc3n4-c3cc(-c4ccccc4-c4ccccc4)ccn3)c3ccccc3)ccc2)c2ccccc21.[Pt]. The van der Waals surface area contributed by atoms with Crippen molar-refractivity contribution in [1.29, 1.82) is 0 Å². The average molecular weight is 930 g/mol. The number of anilines is 3. The first-order chi connectivity index (χ1) is 27.9. The molecule has 0 saturated heterocycles. The summed E-state index contributed by atoms with van der Waals surface area (Å²) < 4.78 is 6.83. The fourth-order valence-corrected chi connectivity index (χ4v) is 8.10. The smallest absolute Gasteiger partial charge is 0.188 e. The molecule has 0 unspecified atom stereocenters. The van der Waals surface area contributed by atoms with Gasteiger partial charge in [0.25, 0.3) is 0 Å². The number of hydrogen-bond donors (Lipinski definition) is 0. The van der Waals surface area contributed by atoms with Gasteiger partial charge in [-0.05, 0) is 90.9 Å². The van der Waals surface area contributed by atoms with Gasteiger partial charge in [0.15, 0.2) is 17.4 Å². The molecular weight excluding hydrogens is 890 g/mol. The summed E-state index contributed by atoms with van der Waals surface area (Å²) in [7, 11) is 0. The van der Waals surface area contributed by atoms with Gasteiger partial charge in [0.2, 0.25) is 0 Å². The van der Waals surface area contributed by atoms with Gasteiger partial charge < -0.3 is 9.47 Å². The maximum Gasteiger partial charge on any atom is 0.188 e. The average Bonchev–Trinajstić information content (AvgIpc) is 3.82. The third kappa shape index (κ3) is 6.52. The van der Waals surface area contributed by atoms with Crippen LogP contribution in [-0.2, 0) is 26.6 Å². The number of benzene rings is 7. The van der Waals surface area contributed by atoms with Crippen molar-refractivity contribution in [3.05, 3.63) is 201 Å². The minimum Gasteiger partial charge on any atom is -0.358 e. The molecule has 3 heterocycles. The second-order valence-electron chi connectivity index (χ2n) is 15.4. The van der Waals surface area contributed by atoms with E-state index in [2.05, 4.69) is 234 Å². The van der Waals surface area contributed by atoms with Crippen LogP contribution in [0.4, 0.5) is 17.1 Å². The molecular formula is C52H40N5Pt-. The van der Waals surface area contributed by atoms with Gasteiger partial charge >= 0.3 is 0 Å². The van der Waals surface area contributed by atoms with Crippen molar-refractivity contribution in [3.8, 4) is 33.8 Å². The van der Waals surface area contributed by atoms with Crippen molar-refractivity contribution < 1.29 is 21.1 Å². The van der Waals surface area contributed by atoms with Crippen LogP contribution in [0.5, 0.6) is 0 Å². The number of pyridine rings is 1. The van der Waals surface area contributed by atoms with E-state index in [1.807, 2.05) is 6.20 Å². The molecule has 58 heavy (non-hydrogen) atoms. The van der Waals surface area contributed by atoms with E-state index in [0.29, 0.717) is 0 Å². The summed E-state index contributed by atoms with van der Waals surface area (Å²) >= 11 is 0. The Kier molecular flexibility index (Phi) is 9.63. The van der Waals surface area contributed by atoms with Gasteiger partial charge in [0, 0.05) is 56.3 Å². The molecule has 0 N–H and O–H groups in total. The van der Waals surface area contributed by atoms with Crippen LogP contribution in [-0.4, -0.2) is 18.7 Å². The Bertz CT molecular complexity index is 3070. The first-order valence-electron chi connectivity index (χ1n) is 19.4. The standard InChI is InChI=1S/C52H40N5.Pt/c1-52(2,3)55-36-54(48-27-14-15-28-49(48)55)40-21-16-22-41(34-40)56(39-19-8-5-9-20-39)42-29-30-46-45-25-12-13-26-47(45)57(50(46)35-42)51-33-38(31-32-53-51)44-24-11-10-23-43(44)37-17-6-4-7-18-37;/h4-33,36H,1-3H3;/q-1;. The summed E-state index contributed by atoms with van der Waals surface area (Å²) in [6, 6.07) is 69.6. The molecule has 10 aromatic rings. The van der Waals surface area contributed by atoms with Crippen LogP contribution in [0.1, 0.15) is 20.8 Å². The van der Waals surface area contributed by atoms with Crippen molar-refractivity contribution in [2.45, 2.75) is 26.3 Å². The van der Waals surface area contributed by atoms with Crippen molar-refractivity contribution in [2.24, 2.45) is 0 Å². The Morgan fingerprint density at radius 2 is 1.19 bits per heavy atom. The largest absolute Gasteiger partial charge is 0.358 e. The van der Waals surface area contributed by atoms with E-state index in [9.17, 15) is 0 Å². The Balaban J connectivity index is 0.00000436. The first kappa shape index (κ1) is 37.0. The third-order valence-corrected chi connectivity index (χ3v) is 10.7. The predicted octanol–water partition coefficient (Wildman–Crippen LogP) is 13.4. The minimum atomic E-state index is -0.0962. The number of para-hydroxylation sites is 4. The maximum atomic E-state index is 5.01. The quantitative estimate of drug-likeness (QED) is 0.149. The Morgan fingerprint density at radius 3 is 1.95 bits per heavy atom. The normalized spacial score (nSPS) is 11.6. The Hall–Kier alpha value is -6.55. The number of rotatable bonds is 7. The summed E-state index contributed by atoms with van der Waals surface area (Å²) in [5, 5.41) is 2.26. The van der Waals surface area contributed by atoms with E-state index in [1.165, 1.54) is 16.6 Å². The van der Waals surface area contributed by atoms with E-state index in [0.717, 1.165) is 67.0 Å². The van der Waals surface area contributed by atoms with E-state index >= 15 is 0 Å². The zero-order valence-corrected chi connectivity index (χ0v) is 34.7. The van der Waals surface area contributed by atoms with Gasteiger partial charge in [0.05, 0.1) is 5.54 Å². The zero-order chi connectivity index (χ0) is 38.5. The molecule has 0 fully saturated rings. The molecule has 3 aromatic heterocycles. The van der Waals surface area contributed by atoms with Crippen LogP contribution in [0, 0.1) is 12.1 Å². The second kappa shape index (κ2) is 15.1. The molecule has 0 aliphatic rings. The number of hydrogen-bond acceptors (Lipinski definition) is 2. The predicted molar refractivity (Wildman–Crippen MR) is 236 cm³/mol. The summed E-state index contributed by atoms with van der Waals surface area (Å²) in [4.78, 5) is 7.25. The summed E-state index contributed by atoms with van der Waals surface area (Å²) in [6.07, 6.45) is 4.12. The van der Waals surface area contributed by atoms with Crippen LogP contribution in [0.3, 0.4) is 0 Å². The molecule has 0 saturated carbocycles. The molecule has 6 heteroatoms. The Morgan fingerprint density at radius 1 is 0.552 bits per heavy atom. The number of nitrogens with zero attached hydrogens (tertiary/aromatic N) is 5. The van der Waals surface area contributed by atoms with Gasteiger partial charge in [-0.3, -0.25) is 0 Å². The molecule has 284 valence electrons. The van der Waals surface area contributed by atoms with Crippen molar-refractivity contribution >= 4 is 49.9 Å². The van der Waals surface area contributed by atoms with Crippen LogP contribution in [0.25, 0.3) is 66.6 Å². The van der Waals surface area contributed by atoms with Crippen molar-refractivity contribution in [2.75, 3.05) is 4.90 Å². The van der Waals surface area contributed by atoms with E-state index in [4.69, 9.17) is 4.98 Å². The minimum absolute atomic E-state index is 0. The topological polar surface area (TPSA) is 30.9 Å². The van der Waals surface area contributed by atoms with Crippen molar-refractivity contribution in [1.82, 2.24) is 18.7 Å². The second-order valence-corrected chi connectivity index (χ2v) is 15.4. The summed E-state index contributed by atoms with van der Waals surface area (Å²) in [5.41, 5.74) is 12.7. The molecule has 0 amide bonds. The zero-order valence-electron chi connectivity index (χ0n) is 32.5.